The smallest absolute Gasteiger partial charge is 0.407 e. The Hall–Kier alpha value is -3.59. The summed E-state index contributed by atoms with van der Waals surface area (Å²) in [5.41, 5.74) is 8.89. The van der Waals surface area contributed by atoms with E-state index in [0.717, 1.165) is 61.8 Å². The molecule has 0 radical (unpaired) electrons. The summed E-state index contributed by atoms with van der Waals surface area (Å²) in [5, 5.41) is 2.77. The zero-order valence-corrected chi connectivity index (χ0v) is 23.3. The van der Waals surface area contributed by atoms with Crippen molar-refractivity contribution in [3.8, 4) is 11.5 Å². The number of carbonyl (C=O) groups is 1. The van der Waals surface area contributed by atoms with Crippen LogP contribution < -0.4 is 20.5 Å². The van der Waals surface area contributed by atoms with Crippen molar-refractivity contribution < 1.29 is 19.0 Å². The lowest BCUT2D eigenvalue weighted by Gasteiger charge is -2.09. The number of nitrogens with zero attached hydrogens (tertiary/aromatic N) is 2. The van der Waals surface area contributed by atoms with Gasteiger partial charge in [-0.05, 0) is 60.3 Å². The van der Waals surface area contributed by atoms with Crippen LogP contribution in [0.1, 0.15) is 16.7 Å². The predicted octanol–water partition coefficient (Wildman–Crippen LogP) is 3.73. The van der Waals surface area contributed by atoms with Crippen LogP contribution in [0.5, 0.6) is 11.5 Å². The molecule has 214 valence electrons. The first kappa shape index (κ1) is 29.4. The van der Waals surface area contributed by atoms with E-state index < -0.39 is 0 Å². The Kier molecular flexibility index (Phi) is 12.1. The molecule has 2 saturated heterocycles. The summed E-state index contributed by atoms with van der Waals surface area (Å²) >= 11 is 0. The molecule has 8 nitrogen and oxygen atoms in total. The summed E-state index contributed by atoms with van der Waals surface area (Å²) in [6, 6.07) is 25.9. The minimum absolute atomic E-state index is 0.288. The van der Waals surface area contributed by atoms with Gasteiger partial charge in [0.05, 0.1) is 0 Å². The summed E-state index contributed by atoms with van der Waals surface area (Å²) < 4.78 is 16.5. The van der Waals surface area contributed by atoms with Crippen LogP contribution in [0.3, 0.4) is 0 Å². The van der Waals surface area contributed by atoms with E-state index in [4.69, 9.17) is 19.9 Å². The van der Waals surface area contributed by atoms with Gasteiger partial charge >= 0.3 is 6.09 Å². The van der Waals surface area contributed by atoms with Crippen LogP contribution >= 0.6 is 0 Å². The fourth-order valence-electron chi connectivity index (χ4n) is 3.93. The van der Waals surface area contributed by atoms with Crippen LogP contribution in [0.2, 0.25) is 0 Å². The molecule has 3 N–H and O–H groups in total. The van der Waals surface area contributed by atoms with Crippen LogP contribution in [0, 0.1) is 0 Å². The van der Waals surface area contributed by atoms with Gasteiger partial charge in [0.25, 0.3) is 0 Å². The van der Waals surface area contributed by atoms with Crippen molar-refractivity contribution in [3.05, 3.63) is 95.6 Å². The Morgan fingerprint density at radius 3 is 1.73 bits per heavy atom. The standard InChI is InChI=1S/C20H24N2O3.C12H18N2O/c23-20(25-16-18-4-2-1-3-5-18)21-11-10-17-6-8-19(9-7-17)24-15-14-22-12-13-22;13-6-5-11-1-3-12(4-2-11)15-10-9-14-7-8-14/h1-9H,10-16H2,(H,21,23);1-4H,5-10,13H2. The first-order valence-corrected chi connectivity index (χ1v) is 14.2. The average Bonchev–Trinajstić information content (AvgIpc) is 3.92. The molecule has 0 unspecified atom stereocenters. The van der Waals surface area contributed by atoms with E-state index in [1.54, 1.807) is 0 Å². The van der Waals surface area contributed by atoms with Gasteiger partial charge in [0.2, 0.25) is 0 Å². The first-order valence-electron chi connectivity index (χ1n) is 14.2. The predicted molar refractivity (Wildman–Crippen MR) is 158 cm³/mol. The zero-order valence-electron chi connectivity index (χ0n) is 23.3. The minimum Gasteiger partial charge on any atom is -0.492 e. The topological polar surface area (TPSA) is 88.8 Å². The second-order valence-electron chi connectivity index (χ2n) is 9.95. The zero-order chi connectivity index (χ0) is 27.8. The van der Waals surface area contributed by atoms with Crippen LogP contribution in [-0.4, -0.2) is 81.5 Å². The Balaban J connectivity index is 0.000000210. The lowest BCUT2D eigenvalue weighted by molar-refractivity contribution is 0.140. The maximum Gasteiger partial charge on any atom is 0.407 e. The van der Waals surface area contributed by atoms with Crippen LogP contribution in [0.25, 0.3) is 0 Å². The number of amides is 1. The molecule has 40 heavy (non-hydrogen) atoms. The molecule has 5 rings (SSSR count). The highest BCUT2D eigenvalue weighted by molar-refractivity contribution is 5.67. The summed E-state index contributed by atoms with van der Waals surface area (Å²) in [4.78, 5) is 16.4. The summed E-state index contributed by atoms with van der Waals surface area (Å²) in [7, 11) is 0. The molecule has 8 heteroatoms. The fraction of sp³-hybridized carbons (Fsp3) is 0.406. The molecule has 3 aromatic rings. The van der Waals surface area contributed by atoms with Gasteiger partial charge in [-0.1, -0.05) is 54.6 Å². The number of carbonyl (C=O) groups excluding carboxylic acids is 1. The molecule has 0 aromatic heterocycles. The van der Waals surface area contributed by atoms with Crippen molar-refractivity contribution >= 4 is 6.09 Å². The van der Waals surface area contributed by atoms with E-state index in [2.05, 4.69) is 27.2 Å². The Morgan fingerprint density at radius 2 is 1.23 bits per heavy atom. The van der Waals surface area contributed by atoms with Gasteiger partial charge in [0.15, 0.2) is 0 Å². The lowest BCUT2D eigenvalue weighted by Crippen LogP contribution is -2.26. The number of hydrogen-bond acceptors (Lipinski definition) is 7. The normalized spacial score (nSPS) is 14.0. The molecule has 0 bridgehead atoms. The maximum atomic E-state index is 11.7. The molecule has 3 aromatic carbocycles. The van der Waals surface area contributed by atoms with Gasteiger partial charge in [-0.25, -0.2) is 4.79 Å². The van der Waals surface area contributed by atoms with E-state index in [9.17, 15) is 4.79 Å². The van der Waals surface area contributed by atoms with Crippen LogP contribution in [0.4, 0.5) is 4.79 Å². The third kappa shape index (κ3) is 12.1. The average molecular weight is 547 g/mol. The van der Waals surface area contributed by atoms with E-state index in [0.29, 0.717) is 13.1 Å². The molecule has 2 fully saturated rings. The second kappa shape index (κ2) is 16.5. The summed E-state index contributed by atoms with van der Waals surface area (Å²) in [6.45, 7) is 9.96. The van der Waals surface area contributed by atoms with E-state index >= 15 is 0 Å². The quantitative estimate of drug-likeness (QED) is 0.281. The highest BCUT2D eigenvalue weighted by Crippen LogP contribution is 2.14. The number of nitrogens with one attached hydrogen (secondary N) is 1. The van der Waals surface area contributed by atoms with Crippen molar-refractivity contribution in [2.45, 2.75) is 19.4 Å². The van der Waals surface area contributed by atoms with Gasteiger partial charge in [0, 0.05) is 45.8 Å². The highest BCUT2D eigenvalue weighted by atomic mass is 16.5. The highest BCUT2D eigenvalue weighted by Gasteiger charge is 2.16. The molecular weight excluding hydrogens is 504 g/mol. The maximum absolute atomic E-state index is 11.7. The first-order chi connectivity index (χ1) is 19.7. The molecule has 2 aliphatic heterocycles. The summed E-state index contributed by atoms with van der Waals surface area (Å²) in [5.74, 6) is 1.85. The number of nitrogens with two attached hydrogens (primary N) is 1. The molecule has 0 spiro atoms. The second-order valence-corrected chi connectivity index (χ2v) is 9.95. The molecule has 0 aliphatic carbocycles. The molecular formula is C32H42N4O4. The number of hydrogen-bond donors (Lipinski definition) is 2. The van der Waals surface area contributed by atoms with E-state index in [1.165, 1.54) is 31.7 Å². The fourth-order valence-corrected chi connectivity index (χ4v) is 3.93. The SMILES string of the molecule is NCCc1ccc(OCCN2CC2)cc1.O=C(NCCc1ccc(OCCN2CC2)cc1)OCc1ccccc1. The van der Waals surface area contributed by atoms with Crippen molar-refractivity contribution in [3.63, 3.8) is 0 Å². The van der Waals surface area contributed by atoms with Gasteiger partial charge in [0.1, 0.15) is 31.3 Å². The van der Waals surface area contributed by atoms with Gasteiger partial charge in [-0.3, -0.25) is 9.80 Å². The molecule has 1 amide bonds. The van der Waals surface area contributed by atoms with Crippen molar-refractivity contribution in [2.24, 2.45) is 5.73 Å². The Morgan fingerprint density at radius 1 is 0.700 bits per heavy atom. The number of alkyl carbamates (subject to hydrolysis) is 1. The molecule has 0 atom stereocenters. The Labute approximate surface area is 238 Å². The Bertz CT molecular complexity index is 1120. The van der Waals surface area contributed by atoms with E-state index in [-0.39, 0.29) is 12.7 Å². The van der Waals surface area contributed by atoms with Crippen LogP contribution in [-0.2, 0) is 24.2 Å². The largest absolute Gasteiger partial charge is 0.492 e. The molecule has 2 aliphatic rings. The third-order valence-corrected chi connectivity index (χ3v) is 6.61. The van der Waals surface area contributed by atoms with Crippen LogP contribution in [0.15, 0.2) is 78.9 Å². The number of benzene rings is 3. The lowest BCUT2D eigenvalue weighted by atomic mass is 10.1. The number of ether oxygens (including phenoxy) is 3. The van der Waals surface area contributed by atoms with Gasteiger partial charge in [-0.2, -0.15) is 0 Å². The van der Waals surface area contributed by atoms with Gasteiger partial charge in [-0.15, -0.1) is 0 Å². The molecule has 0 saturated carbocycles. The summed E-state index contributed by atoms with van der Waals surface area (Å²) in [6.07, 6.45) is 1.31. The van der Waals surface area contributed by atoms with Crippen molar-refractivity contribution in [1.82, 2.24) is 15.1 Å². The third-order valence-electron chi connectivity index (χ3n) is 6.61. The van der Waals surface area contributed by atoms with E-state index in [1.807, 2.05) is 66.7 Å². The molecule has 2 heterocycles. The van der Waals surface area contributed by atoms with Gasteiger partial charge < -0.3 is 25.3 Å². The van der Waals surface area contributed by atoms with Crippen molar-refractivity contribution in [1.29, 1.82) is 0 Å². The minimum atomic E-state index is -0.390. The monoisotopic (exact) mass is 546 g/mol. The van der Waals surface area contributed by atoms with Crippen molar-refractivity contribution in [2.75, 3.05) is 65.6 Å². The number of rotatable bonds is 15.